The third-order valence-electron chi connectivity index (χ3n) is 3.15. The number of unbranched alkanes of at least 4 members (excludes halogenated alkanes) is 2. The maximum Gasteiger partial charge on any atom is 0.326 e. The van der Waals surface area contributed by atoms with Gasteiger partial charge in [-0.1, -0.05) is 26.2 Å². The zero-order chi connectivity index (χ0) is 17.5. The molecule has 1 unspecified atom stereocenters. The van der Waals surface area contributed by atoms with Crippen LogP contribution < -0.4 is 5.32 Å². The number of rotatable bonds is 15. The van der Waals surface area contributed by atoms with Crippen molar-refractivity contribution in [3.63, 3.8) is 0 Å². The molecule has 0 saturated carbocycles. The van der Waals surface area contributed by atoms with Crippen molar-refractivity contribution in [3.8, 4) is 0 Å². The first-order valence-corrected chi connectivity index (χ1v) is 8.14. The number of nitrogens with one attached hydrogen (secondary N) is 1. The Hall–Kier alpha value is -1.47. The lowest BCUT2D eigenvalue weighted by molar-refractivity contribution is -0.142. The lowest BCUT2D eigenvalue weighted by atomic mass is 10.1. The van der Waals surface area contributed by atoms with Crippen LogP contribution in [-0.4, -0.2) is 55.2 Å². The van der Waals surface area contributed by atoms with Crippen LogP contribution in [0.15, 0.2) is 0 Å². The van der Waals surface area contributed by atoms with Crippen molar-refractivity contribution < 1.29 is 29.0 Å². The van der Waals surface area contributed by atoms with Gasteiger partial charge in [0, 0.05) is 13.0 Å². The summed E-state index contributed by atoms with van der Waals surface area (Å²) in [6.07, 6.45) is 4.30. The summed E-state index contributed by atoms with van der Waals surface area (Å²) in [7, 11) is 0. The van der Waals surface area contributed by atoms with Gasteiger partial charge < -0.3 is 24.7 Å². The molecule has 0 aliphatic heterocycles. The number of aliphatic carboxylic acids is 1. The van der Waals surface area contributed by atoms with Gasteiger partial charge >= 0.3 is 5.97 Å². The quantitative estimate of drug-likeness (QED) is 0.441. The zero-order valence-electron chi connectivity index (χ0n) is 14.1. The third kappa shape index (κ3) is 13.9. The smallest absolute Gasteiger partial charge is 0.326 e. The van der Waals surface area contributed by atoms with Gasteiger partial charge in [-0.2, -0.15) is 0 Å². The summed E-state index contributed by atoms with van der Waals surface area (Å²) in [5.74, 6) is -1.33. The van der Waals surface area contributed by atoms with E-state index in [4.69, 9.17) is 14.6 Å². The summed E-state index contributed by atoms with van der Waals surface area (Å²) < 4.78 is 10.4. The second kappa shape index (κ2) is 14.1. The fraction of sp³-hybridized carbons (Fsp3) is 0.812. The summed E-state index contributed by atoms with van der Waals surface area (Å²) in [5.41, 5.74) is 0. The van der Waals surface area contributed by atoms with Gasteiger partial charge in [-0.05, 0) is 19.8 Å². The lowest BCUT2D eigenvalue weighted by Gasteiger charge is -2.14. The van der Waals surface area contributed by atoms with E-state index in [0.717, 1.165) is 19.3 Å². The molecule has 1 amide bonds. The van der Waals surface area contributed by atoms with Gasteiger partial charge in [-0.25, -0.2) is 4.79 Å². The highest BCUT2D eigenvalue weighted by atomic mass is 16.5. The number of ether oxygens (including phenoxy) is 2. The Balaban J connectivity index is 3.67. The molecule has 0 bridgehead atoms. The van der Waals surface area contributed by atoms with Crippen LogP contribution in [0.1, 0.15) is 52.4 Å². The molecule has 7 heteroatoms. The van der Waals surface area contributed by atoms with Gasteiger partial charge in [0.25, 0.3) is 0 Å². The molecule has 7 nitrogen and oxygen atoms in total. The summed E-state index contributed by atoms with van der Waals surface area (Å²) in [6.45, 7) is 4.45. The van der Waals surface area contributed by atoms with Crippen LogP contribution >= 0.6 is 0 Å². The fourth-order valence-electron chi connectivity index (χ4n) is 1.90. The van der Waals surface area contributed by atoms with Crippen LogP contribution in [-0.2, 0) is 23.9 Å². The molecule has 0 rings (SSSR count). The molecule has 2 N–H and O–H groups in total. The van der Waals surface area contributed by atoms with Crippen molar-refractivity contribution in [3.05, 3.63) is 0 Å². The van der Waals surface area contributed by atoms with Gasteiger partial charge in [0.15, 0.2) is 0 Å². The minimum Gasteiger partial charge on any atom is -0.480 e. The highest BCUT2D eigenvalue weighted by Gasteiger charge is 2.19. The molecule has 0 aliphatic rings. The molecule has 0 spiro atoms. The van der Waals surface area contributed by atoms with Crippen molar-refractivity contribution in [2.45, 2.75) is 58.4 Å². The Kier molecular flexibility index (Phi) is 13.2. The predicted molar refractivity (Wildman–Crippen MR) is 85.3 cm³/mol. The Labute approximate surface area is 137 Å². The SMILES string of the molecule is CCCCCC(NC(=O)COCCOCCCC(C)=O)C(=O)O. The summed E-state index contributed by atoms with van der Waals surface area (Å²) in [4.78, 5) is 33.4. The highest BCUT2D eigenvalue weighted by Crippen LogP contribution is 2.03. The number of hydrogen-bond donors (Lipinski definition) is 2. The number of ketones is 1. The number of carbonyl (C=O) groups is 3. The number of hydrogen-bond acceptors (Lipinski definition) is 5. The maximum atomic E-state index is 11.6. The molecule has 0 aromatic heterocycles. The first-order valence-electron chi connectivity index (χ1n) is 8.14. The highest BCUT2D eigenvalue weighted by molar-refractivity contribution is 5.84. The average molecular weight is 331 g/mol. The molecule has 0 fully saturated rings. The monoisotopic (exact) mass is 331 g/mol. The number of amides is 1. The standard InChI is InChI=1S/C16H29NO6/c1-3-4-5-8-14(16(20)21)17-15(19)12-23-11-10-22-9-6-7-13(2)18/h14H,3-12H2,1-2H3,(H,17,19)(H,20,21). The number of Topliss-reactive ketones (excluding diaryl/α,β-unsaturated/α-hetero) is 1. The molecular formula is C16H29NO6. The van der Waals surface area contributed by atoms with Crippen molar-refractivity contribution in [2.75, 3.05) is 26.4 Å². The van der Waals surface area contributed by atoms with E-state index in [2.05, 4.69) is 5.32 Å². The van der Waals surface area contributed by atoms with E-state index >= 15 is 0 Å². The summed E-state index contributed by atoms with van der Waals surface area (Å²) in [5, 5.41) is 11.5. The van der Waals surface area contributed by atoms with E-state index in [0.29, 0.717) is 32.5 Å². The second-order valence-electron chi connectivity index (χ2n) is 5.42. The van der Waals surface area contributed by atoms with Gasteiger partial charge in [0.2, 0.25) is 5.91 Å². The van der Waals surface area contributed by atoms with E-state index in [1.54, 1.807) is 0 Å². The van der Waals surface area contributed by atoms with Crippen LogP contribution in [0.25, 0.3) is 0 Å². The summed E-state index contributed by atoms with van der Waals surface area (Å²) >= 11 is 0. The molecule has 0 aromatic rings. The number of carboxylic acid groups (broad SMARTS) is 1. The average Bonchev–Trinajstić information content (AvgIpc) is 2.48. The van der Waals surface area contributed by atoms with Gasteiger partial charge in [0.1, 0.15) is 18.4 Å². The maximum absolute atomic E-state index is 11.6. The minimum absolute atomic E-state index is 0.133. The van der Waals surface area contributed by atoms with Crippen molar-refractivity contribution >= 4 is 17.7 Å². The van der Waals surface area contributed by atoms with E-state index in [-0.39, 0.29) is 19.0 Å². The molecule has 0 radical (unpaired) electrons. The van der Waals surface area contributed by atoms with Crippen LogP contribution in [0.2, 0.25) is 0 Å². The topological polar surface area (TPSA) is 102 Å². The first-order chi connectivity index (χ1) is 11.0. The molecular weight excluding hydrogens is 302 g/mol. The molecule has 1 atom stereocenters. The number of carbonyl (C=O) groups excluding carboxylic acids is 2. The number of carboxylic acids is 1. The molecule has 0 saturated heterocycles. The summed E-state index contributed by atoms with van der Waals surface area (Å²) in [6, 6.07) is -0.861. The molecule has 134 valence electrons. The fourth-order valence-corrected chi connectivity index (χ4v) is 1.90. The molecule has 0 aromatic carbocycles. The van der Waals surface area contributed by atoms with Gasteiger partial charge in [0.05, 0.1) is 13.2 Å². The normalized spacial score (nSPS) is 11.9. The minimum atomic E-state index is -1.02. The van der Waals surface area contributed by atoms with Crippen molar-refractivity contribution in [2.24, 2.45) is 0 Å². The molecule has 0 heterocycles. The van der Waals surface area contributed by atoms with E-state index in [1.807, 2.05) is 6.92 Å². The second-order valence-corrected chi connectivity index (χ2v) is 5.42. The van der Waals surface area contributed by atoms with Crippen LogP contribution in [0, 0.1) is 0 Å². The van der Waals surface area contributed by atoms with E-state index in [9.17, 15) is 14.4 Å². The van der Waals surface area contributed by atoms with Gasteiger partial charge in [-0.15, -0.1) is 0 Å². The van der Waals surface area contributed by atoms with Crippen LogP contribution in [0.3, 0.4) is 0 Å². The third-order valence-corrected chi connectivity index (χ3v) is 3.15. The Morgan fingerprint density at radius 1 is 1.04 bits per heavy atom. The molecule has 23 heavy (non-hydrogen) atoms. The van der Waals surface area contributed by atoms with Crippen molar-refractivity contribution in [1.29, 1.82) is 0 Å². The molecule has 0 aliphatic carbocycles. The van der Waals surface area contributed by atoms with E-state index < -0.39 is 17.9 Å². The predicted octanol–water partition coefficient (Wildman–Crippen LogP) is 1.54. The Morgan fingerprint density at radius 2 is 1.74 bits per heavy atom. The lowest BCUT2D eigenvalue weighted by Crippen LogP contribution is -2.42. The largest absolute Gasteiger partial charge is 0.480 e. The Bertz CT molecular complexity index is 358. The van der Waals surface area contributed by atoms with E-state index in [1.165, 1.54) is 6.92 Å². The van der Waals surface area contributed by atoms with Crippen LogP contribution in [0.4, 0.5) is 0 Å². The van der Waals surface area contributed by atoms with Gasteiger partial charge in [-0.3, -0.25) is 4.79 Å². The Morgan fingerprint density at radius 3 is 2.35 bits per heavy atom. The van der Waals surface area contributed by atoms with Crippen molar-refractivity contribution in [1.82, 2.24) is 5.32 Å². The van der Waals surface area contributed by atoms with Crippen LogP contribution in [0.5, 0.6) is 0 Å². The zero-order valence-corrected chi connectivity index (χ0v) is 14.1. The first kappa shape index (κ1) is 21.5.